The van der Waals surface area contributed by atoms with Gasteiger partial charge in [-0.05, 0) is 37.4 Å². The lowest BCUT2D eigenvalue weighted by Gasteiger charge is -2.25. The normalized spacial score (nSPS) is 15.5. The monoisotopic (exact) mass is 254 g/mol. The van der Waals surface area contributed by atoms with Crippen LogP contribution in [0.2, 0.25) is 0 Å². The fourth-order valence-corrected chi connectivity index (χ4v) is 2.35. The average molecular weight is 254 g/mol. The molecule has 1 saturated carbocycles. The van der Waals surface area contributed by atoms with Crippen LogP contribution in [0.3, 0.4) is 0 Å². The molecule has 1 fully saturated rings. The Morgan fingerprint density at radius 2 is 2.24 bits per heavy atom. The molecule has 1 aliphatic rings. The number of rotatable bonds is 6. The van der Waals surface area contributed by atoms with Gasteiger partial charge in [-0.1, -0.05) is 20.8 Å². The van der Waals surface area contributed by atoms with E-state index in [1.807, 2.05) is 0 Å². The van der Waals surface area contributed by atoms with Crippen LogP contribution >= 0.6 is 12.2 Å². The summed E-state index contributed by atoms with van der Waals surface area (Å²) in [6.45, 7) is 8.68. The first-order valence-electron chi connectivity index (χ1n) is 6.55. The summed E-state index contributed by atoms with van der Waals surface area (Å²) in [7, 11) is 0. The molecule has 1 N–H and O–H groups in total. The standard InChI is InChI=1S/C12H22N4S/c1-4-7-15-11(13-14-12(15)17)16(8-9(2)3)10-5-6-10/h9-10H,4-8H2,1-3H3,(H,14,17). The molecule has 1 aliphatic carbocycles. The number of nitrogens with one attached hydrogen (secondary N) is 1. The Labute approximate surface area is 108 Å². The average Bonchev–Trinajstić information content (AvgIpc) is 3.04. The highest BCUT2D eigenvalue weighted by Crippen LogP contribution is 2.31. The SMILES string of the molecule is CCCn1c(N(CC(C)C)C2CC2)n[nH]c1=S. The molecule has 17 heavy (non-hydrogen) atoms. The van der Waals surface area contributed by atoms with E-state index in [1.54, 1.807) is 0 Å². The molecule has 0 aromatic carbocycles. The highest BCUT2D eigenvalue weighted by atomic mass is 32.1. The molecular formula is C12H22N4S. The van der Waals surface area contributed by atoms with Crippen molar-refractivity contribution in [3.63, 3.8) is 0 Å². The van der Waals surface area contributed by atoms with Crippen molar-refractivity contribution in [1.29, 1.82) is 0 Å². The first kappa shape index (κ1) is 12.6. The van der Waals surface area contributed by atoms with E-state index in [1.165, 1.54) is 12.8 Å². The Morgan fingerprint density at radius 3 is 2.76 bits per heavy atom. The molecule has 1 aromatic rings. The van der Waals surface area contributed by atoms with Crippen molar-refractivity contribution in [1.82, 2.24) is 14.8 Å². The van der Waals surface area contributed by atoms with Crippen molar-refractivity contribution in [2.75, 3.05) is 11.4 Å². The predicted octanol–water partition coefficient (Wildman–Crippen LogP) is 2.98. The third-order valence-electron chi connectivity index (χ3n) is 2.99. The zero-order chi connectivity index (χ0) is 12.4. The summed E-state index contributed by atoms with van der Waals surface area (Å²) in [5.74, 6) is 1.68. The molecule has 0 unspecified atom stereocenters. The van der Waals surface area contributed by atoms with Gasteiger partial charge in [0.05, 0.1) is 0 Å². The van der Waals surface area contributed by atoms with Gasteiger partial charge in [-0.2, -0.15) is 0 Å². The van der Waals surface area contributed by atoms with Crippen molar-refractivity contribution in [2.24, 2.45) is 5.92 Å². The van der Waals surface area contributed by atoms with Crippen LogP contribution in [0.15, 0.2) is 0 Å². The van der Waals surface area contributed by atoms with Crippen molar-refractivity contribution in [3.8, 4) is 0 Å². The van der Waals surface area contributed by atoms with Crippen molar-refractivity contribution < 1.29 is 0 Å². The summed E-state index contributed by atoms with van der Waals surface area (Å²) in [6.07, 6.45) is 3.66. The Bertz CT molecular complexity index is 416. The van der Waals surface area contributed by atoms with E-state index in [2.05, 4.69) is 40.4 Å². The molecule has 0 aliphatic heterocycles. The molecule has 2 rings (SSSR count). The number of hydrogen-bond acceptors (Lipinski definition) is 3. The van der Waals surface area contributed by atoms with E-state index < -0.39 is 0 Å². The minimum absolute atomic E-state index is 0.649. The van der Waals surface area contributed by atoms with Crippen molar-refractivity contribution in [3.05, 3.63) is 4.77 Å². The van der Waals surface area contributed by atoms with Crippen LogP contribution in [-0.4, -0.2) is 27.4 Å². The van der Waals surface area contributed by atoms with E-state index >= 15 is 0 Å². The first-order valence-corrected chi connectivity index (χ1v) is 6.96. The number of nitrogens with zero attached hydrogens (tertiary/aromatic N) is 3. The minimum atomic E-state index is 0.649. The Kier molecular flexibility index (Phi) is 3.86. The summed E-state index contributed by atoms with van der Waals surface area (Å²) in [4.78, 5) is 2.42. The lowest BCUT2D eigenvalue weighted by molar-refractivity contribution is 0.573. The molecule has 5 heteroatoms. The molecular weight excluding hydrogens is 232 g/mol. The zero-order valence-corrected chi connectivity index (χ0v) is 11.8. The lowest BCUT2D eigenvalue weighted by Crippen LogP contribution is -2.32. The third kappa shape index (κ3) is 2.89. The van der Waals surface area contributed by atoms with Gasteiger partial charge in [0, 0.05) is 19.1 Å². The second-order valence-corrected chi connectivity index (χ2v) is 5.64. The summed E-state index contributed by atoms with van der Waals surface area (Å²) >= 11 is 5.30. The molecule has 1 heterocycles. The predicted molar refractivity (Wildman–Crippen MR) is 72.9 cm³/mol. The maximum absolute atomic E-state index is 5.30. The molecule has 0 atom stereocenters. The highest BCUT2D eigenvalue weighted by Gasteiger charge is 2.32. The smallest absolute Gasteiger partial charge is 0.225 e. The van der Waals surface area contributed by atoms with Gasteiger partial charge in [-0.25, -0.2) is 5.10 Å². The van der Waals surface area contributed by atoms with Gasteiger partial charge < -0.3 is 4.90 Å². The number of aromatic nitrogens is 3. The summed E-state index contributed by atoms with van der Waals surface area (Å²) in [5, 5.41) is 7.35. The molecule has 4 nitrogen and oxygen atoms in total. The van der Waals surface area contributed by atoms with E-state index in [4.69, 9.17) is 12.2 Å². The second kappa shape index (κ2) is 5.21. The van der Waals surface area contributed by atoms with Gasteiger partial charge in [-0.15, -0.1) is 5.10 Å². The van der Waals surface area contributed by atoms with Crippen LogP contribution in [0.4, 0.5) is 5.95 Å². The van der Waals surface area contributed by atoms with E-state index in [9.17, 15) is 0 Å². The van der Waals surface area contributed by atoms with Crippen LogP contribution < -0.4 is 4.90 Å². The van der Waals surface area contributed by atoms with Crippen molar-refractivity contribution >= 4 is 18.2 Å². The van der Waals surface area contributed by atoms with Crippen LogP contribution in [0, 0.1) is 10.7 Å². The number of anilines is 1. The topological polar surface area (TPSA) is 36.9 Å². The molecule has 0 radical (unpaired) electrons. The largest absolute Gasteiger partial charge is 0.338 e. The Balaban J connectivity index is 2.25. The van der Waals surface area contributed by atoms with Gasteiger partial charge in [0.15, 0.2) is 4.77 Å². The summed E-state index contributed by atoms with van der Waals surface area (Å²) in [6, 6.07) is 0.679. The maximum atomic E-state index is 5.30. The number of aromatic amines is 1. The van der Waals surface area contributed by atoms with Gasteiger partial charge in [0.2, 0.25) is 5.95 Å². The molecule has 0 saturated heterocycles. The van der Waals surface area contributed by atoms with E-state index in [0.29, 0.717) is 12.0 Å². The fourth-order valence-electron chi connectivity index (χ4n) is 2.13. The van der Waals surface area contributed by atoms with Gasteiger partial charge >= 0.3 is 0 Å². The van der Waals surface area contributed by atoms with Crippen LogP contribution in [0.5, 0.6) is 0 Å². The first-order chi connectivity index (χ1) is 8.13. The van der Waals surface area contributed by atoms with Gasteiger partial charge in [-0.3, -0.25) is 4.57 Å². The third-order valence-corrected chi connectivity index (χ3v) is 3.30. The Hall–Kier alpha value is -0.840. The Morgan fingerprint density at radius 1 is 1.53 bits per heavy atom. The fraction of sp³-hybridized carbons (Fsp3) is 0.833. The quantitative estimate of drug-likeness (QED) is 0.793. The van der Waals surface area contributed by atoms with E-state index in [-0.39, 0.29) is 0 Å². The molecule has 0 bridgehead atoms. The molecule has 96 valence electrons. The summed E-state index contributed by atoms with van der Waals surface area (Å²) in [5.41, 5.74) is 0. The van der Waals surface area contributed by atoms with Crippen LogP contribution in [-0.2, 0) is 6.54 Å². The molecule has 1 aromatic heterocycles. The van der Waals surface area contributed by atoms with Crippen LogP contribution in [0.25, 0.3) is 0 Å². The highest BCUT2D eigenvalue weighted by molar-refractivity contribution is 7.71. The molecule has 0 amide bonds. The maximum Gasteiger partial charge on any atom is 0.225 e. The van der Waals surface area contributed by atoms with E-state index in [0.717, 1.165) is 30.2 Å². The van der Waals surface area contributed by atoms with Crippen molar-refractivity contribution in [2.45, 2.75) is 52.6 Å². The number of hydrogen-bond donors (Lipinski definition) is 1. The lowest BCUT2D eigenvalue weighted by atomic mass is 10.2. The number of H-pyrrole nitrogens is 1. The minimum Gasteiger partial charge on any atom is -0.338 e. The second-order valence-electron chi connectivity index (χ2n) is 5.26. The van der Waals surface area contributed by atoms with Gasteiger partial charge in [0.25, 0.3) is 0 Å². The van der Waals surface area contributed by atoms with Crippen LogP contribution in [0.1, 0.15) is 40.0 Å². The zero-order valence-electron chi connectivity index (χ0n) is 10.9. The molecule has 0 spiro atoms. The summed E-state index contributed by atoms with van der Waals surface area (Å²) < 4.78 is 2.88. The van der Waals surface area contributed by atoms with Gasteiger partial charge in [0.1, 0.15) is 0 Å².